The quantitative estimate of drug-likeness (QED) is 0.641. The van der Waals surface area contributed by atoms with Crippen LogP contribution in [0.25, 0.3) is 0 Å². The first-order chi connectivity index (χ1) is 9.58. The van der Waals surface area contributed by atoms with E-state index < -0.39 is 0 Å². The first kappa shape index (κ1) is 17.5. The van der Waals surface area contributed by atoms with Gasteiger partial charge in [0.1, 0.15) is 5.75 Å². The Morgan fingerprint density at radius 2 is 1.95 bits per heavy atom. The van der Waals surface area contributed by atoms with Crippen molar-refractivity contribution in [1.29, 1.82) is 0 Å². The van der Waals surface area contributed by atoms with Gasteiger partial charge in [-0.25, -0.2) is 0 Å². The maximum Gasteiger partial charge on any atom is 0.125 e. The predicted molar refractivity (Wildman–Crippen MR) is 90.5 cm³/mol. The molecule has 0 aliphatic heterocycles. The van der Waals surface area contributed by atoms with E-state index in [9.17, 15) is 0 Å². The number of ether oxygens (including phenoxy) is 1. The van der Waals surface area contributed by atoms with Gasteiger partial charge in [-0.1, -0.05) is 49.0 Å². The van der Waals surface area contributed by atoms with E-state index in [-0.39, 0.29) is 6.04 Å². The van der Waals surface area contributed by atoms with E-state index in [1.54, 1.807) is 0 Å². The summed E-state index contributed by atoms with van der Waals surface area (Å²) in [6.07, 6.45) is 6.78. The zero-order chi connectivity index (χ0) is 15.0. The van der Waals surface area contributed by atoms with Gasteiger partial charge in [0.25, 0.3) is 0 Å². The van der Waals surface area contributed by atoms with Crippen LogP contribution in [0.3, 0.4) is 0 Å². The van der Waals surface area contributed by atoms with E-state index in [1.165, 1.54) is 30.4 Å². The first-order valence-electron chi connectivity index (χ1n) is 7.75. The van der Waals surface area contributed by atoms with Gasteiger partial charge < -0.3 is 10.5 Å². The lowest BCUT2D eigenvalue weighted by molar-refractivity contribution is 0.299. The molecule has 1 atom stereocenters. The van der Waals surface area contributed by atoms with E-state index in [0.717, 1.165) is 36.1 Å². The van der Waals surface area contributed by atoms with Gasteiger partial charge in [-0.15, -0.1) is 0 Å². The van der Waals surface area contributed by atoms with Gasteiger partial charge in [0.15, 0.2) is 0 Å². The van der Waals surface area contributed by atoms with Gasteiger partial charge in [-0.3, -0.25) is 0 Å². The Labute approximate surface area is 132 Å². The fourth-order valence-electron chi connectivity index (χ4n) is 2.29. The summed E-state index contributed by atoms with van der Waals surface area (Å²) >= 11 is 3.56. The molecule has 2 nitrogen and oxygen atoms in total. The van der Waals surface area contributed by atoms with E-state index >= 15 is 0 Å². The van der Waals surface area contributed by atoms with Crippen LogP contribution >= 0.6 is 15.9 Å². The molecule has 0 aromatic heterocycles. The summed E-state index contributed by atoms with van der Waals surface area (Å²) in [5.74, 6) is 1.04. The average Bonchev–Trinajstić information content (AvgIpc) is 2.40. The van der Waals surface area contributed by atoms with Crippen molar-refractivity contribution in [1.82, 2.24) is 0 Å². The van der Waals surface area contributed by atoms with Crippen molar-refractivity contribution in [2.24, 2.45) is 5.73 Å². The fraction of sp³-hybridized carbons (Fsp3) is 0.647. The van der Waals surface area contributed by atoms with Crippen LogP contribution in [0, 0.1) is 6.92 Å². The minimum atomic E-state index is 0.200. The molecule has 1 aromatic rings. The van der Waals surface area contributed by atoms with Crippen LogP contribution in [0.4, 0.5) is 0 Å². The number of nitrogens with two attached hydrogens (primary N) is 1. The molecule has 1 unspecified atom stereocenters. The van der Waals surface area contributed by atoms with Crippen molar-refractivity contribution in [2.75, 3.05) is 6.61 Å². The minimum absolute atomic E-state index is 0.200. The van der Waals surface area contributed by atoms with Gasteiger partial charge >= 0.3 is 0 Å². The Bertz CT molecular complexity index is 406. The Balaban J connectivity index is 2.71. The van der Waals surface area contributed by atoms with Crippen LogP contribution in [-0.2, 0) is 6.42 Å². The molecule has 0 amide bonds. The highest BCUT2D eigenvalue weighted by Crippen LogP contribution is 2.29. The maximum atomic E-state index is 6.10. The number of rotatable bonds is 9. The van der Waals surface area contributed by atoms with E-state index in [4.69, 9.17) is 10.5 Å². The van der Waals surface area contributed by atoms with E-state index in [2.05, 4.69) is 48.8 Å². The highest BCUT2D eigenvalue weighted by Gasteiger charge is 2.12. The lowest BCUT2D eigenvalue weighted by Crippen LogP contribution is -2.22. The maximum absolute atomic E-state index is 6.10. The molecule has 114 valence electrons. The van der Waals surface area contributed by atoms with Crippen LogP contribution in [0.1, 0.15) is 57.1 Å². The number of hydrogen-bond donors (Lipinski definition) is 1. The van der Waals surface area contributed by atoms with Gasteiger partial charge in [0, 0.05) is 10.5 Å². The predicted octanol–water partition coefficient (Wildman–Crippen LogP) is 5.00. The highest BCUT2D eigenvalue weighted by atomic mass is 79.9. The zero-order valence-corrected chi connectivity index (χ0v) is 14.6. The first-order valence-corrected chi connectivity index (χ1v) is 8.55. The summed E-state index contributed by atoms with van der Waals surface area (Å²) in [6.45, 7) is 7.26. The molecule has 1 aromatic carbocycles. The van der Waals surface area contributed by atoms with Crippen LogP contribution in [0.5, 0.6) is 5.75 Å². The molecule has 0 aliphatic carbocycles. The molecule has 0 fully saturated rings. The minimum Gasteiger partial charge on any atom is -0.493 e. The molecule has 0 aliphatic rings. The Hall–Kier alpha value is -0.540. The number of halogens is 1. The SMILES string of the molecule is CCCCCCOc1c(C)cc(Br)cc1CC(N)CC. The molecule has 0 heterocycles. The second kappa shape index (κ2) is 9.41. The summed E-state index contributed by atoms with van der Waals surface area (Å²) in [6, 6.07) is 4.46. The van der Waals surface area contributed by atoms with Gasteiger partial charge in [-0.05, 0) is 49.4 Å². The van der Waals surface area contributed by atoms with Crippen molar-refractivity contribution >= 4 is 15.9 Å². The van der Waals surface area contributed by atoms with Crippen molar-refractivity contribution in [3.63, 3.8) is 0 Å². The van der Waals surface area contributed by atoms with Gasteiger partial charge in [0.2, 0.25) is 0 Å². The summed E-state index contributed by atoms with van der Waals surface area (Å²) < 4.78 is 7.14. The largest absolute Gasteiger partial charge is 0.493 e. The number of aryl methyl sites for hydroxylation is 1. The smallest absolute Gasteiger partial charge is 0.125 e. The lowest BCUT2D eigenvalue weighted by atomic mass is 10.0. The number of benzene rings is 1. The zero-order valence-electron chi connectivity index (χ0n) is 13.0. The third-order valence-electron chi connectivity index (χ3n) is 3.57. The van der Waals surface area contributed by atoms with Crippen molar-refractivity contribution in [3.05, 3.63) is 27.7 Å². The highest BCUT2D eigenvalue weighted by molar-refractivity contribution is 9.10. The normalized spacial score (nSPS) is 12.4. The summed E-state index contributed by atoms with van der Waals surface area (Å²) in [5.41, 5.74) is 8.51. The number of unbranched alkanes of at least 4 members (excludes halogenated alkanes) is 3. The molecule has 3 heteroatoms. The standard InChI is InChI=1S/C17H28BrNO/c1-4-6-7-8-9-20-17-13(3)10-15(18)11-14(17)12-16(19)5-2/h10-11,16H,4-9,12,19H2,1-3H3. The second-order valence-electron chi connectivity index (χ2n) is 5.49. The van der Waals surface area contributed by atoms with Crippen LogP contribution in [-0.4, -0.2) is 12.6 Å². The Kier molecular flexibility index (Phi) is 8.24. The average molecular weight is 342 g/mol. The van der Waals surface area contributed by atoms with Crippen molar-refractivity contribution in [3.8, 4) is 5.75 Å². The molecule has 0 bridgehead atoms. The molecule has 1 rings (SSSR count). The third-order valence-corrected chi connectivity index (χ3v) is 4.02. The molecule has 0 radical (unpaired) electrons. The van der Waals surface area contributed by atoms with Gasteiger partial charge in [0.05, 0.1) is 6.61 Å². The monoisotopic (exact) mass is 341 g/mol. The Morgan fingerprint density at radius 3 is 2.60 bits per heavy atom. The second-order valence-corrected chi connectivity index (χ2v) is 6.41. The van der Waals surface area contributed by atoms with Crippen LogP contribution in [0.2, 0.25) is 0 Å². The molecular weight excluding hydrogens is 314 g/mol. The Morgan fingerprint density at radius 1 is 1.20 bits per heavy atom. The summed E-state index contributed by atoms with van der Waals surface area (Å²) in [7, 11) is 0. The third kappa shape index (κ3) is 5.84. The molecule has 2 N–H and O–H groups in total. The van der Waals surface area contributed by atoms with Crippen molar-refractivity contribution in [2.45, 2.75) is 65.3 Å². The van der Waals surface area contributed by atoms with Gasteiger partial charge in [-0.2, -0.15) is 0 Å². The van der Waals surface area contributed by atoms with E-state index in [1.807, 2.05) is 0 Å². The fourth-order valence-corrected chi connectivity index (χ4v) is 2.91. The summed E-state index contributed by atoms with van der Waals surface area (Å²) in [4.78, 5) is 0. The van der Waals surface area contributed by atoms with E-state index in [0.29, 0.717) is 0 Å². The van der Waals surface area contributed by atoms with Crippen molar-refractivity contribution < 1.29 is 4.74 Å². The molecule has 0 saturated carbocycles. The van der Waals surface area contributed by atoms with Crippen LogP contribution in [0.15, 0.2) is 16.6 Å². The molecule has 0 spiro atoms. The lowest BCUT2D eigenvalue weighted by Gasteiger charge is -2.17. The molecule has 0 saturated heterocycles. The molecule has 20 heavy (non-hydrogen) atoms. The molecular formula is C17H28BrNO. The topological polar surface area (TPSA) is 35.2 Å². The summed E-state index contributed by atoms with van der Waals surface area (Å²) in [5, 5.41) is 0. The number of hydrogen-bond acceptors (Lipinski definition) is 2. The van der Waals surface area contributed by atoms with Crippen LogP contribution < -0.4 is 10.5 Å².